The van der Waals surface area contributed by atoms with Crippen LogP contribution in [0.25, 0.3) is 0 Å². The van der Waals surface area contributed by atoms with Gasteiger partial charge in [-0.1, -0.05) is 42.9 Å². The number of rotatable bonds is 5. The average molecular weight is 300 g/mol. The van der Waals surface area contributed by atoms with E-state index in [2.05, 4.69) is 29.4 Å². The van der Waals surface area contributed by atoms with Gasteiger partial charge < -0.3 is 5.32 Å². The van der Waals surface area contributed by atoms with Crippen molar-refractivity contribution in [3.05, 3.63) is 39.6 Å². The maximum Gasteiger partial charge on any atom is 0.205 e. The molecule has 19 heavy (non-hydrogen) atoms. The van der Waals surface area contributed by atoms with Gasteiger partial charge in [-0.25, -0.2) is 4.39 Å². The second-order valence-electron chi connectivity index (χ2n) is 4.70. The summed E-state index contributed by atoms with van der Waals surface area (Å²) in [6.07, 6.45) is 0.932. The van der Waals surface area contributed by atoms with Crippen molar-refractivity contribution in [1.82, 2.24) is 10.2 Å². The maximum atomic E-state index is 13.0. The van der Waals surface area contributed by atoms with Crippen molar-refractivity contribution in [2.24, 2.45) is 5.92 Å². The molecule has 0 radical (unpaired) electrons. The molecule has 3 nitrogen and oxygen atoms in total. The van der Waals surface area contributed by atoms with E-state index in [1.165, 1.54) is 6.07 Å². The number of halogens is 2. The fraction of sp³-hybridized carbons (Fsp3) is 0.385. The molecule has 0 saturated heterocycles. The molecule has 0 aliphatic rings. The number of anilines is 1. The van der Waals surface area contributed by atoms with Gasteiger partial charge in [0.1, 0.15) is 10.8 Å². The van der Waals surface area contributed by atoms with Gasteiger partial charge in [-0.2, -0.15) is 0 Å². The molecule has 102 valence electrons. The van der Waals surface area contributed by atoms with E-state index >= 15 is 0 Å². The molecule has 1 aromatic carbocycles. The number of aromatic nitrogens is 2. The molecule has 1 N–H and O–H groups in total. The fourth-order valence-electron chi connectivity index (χ4n) is 1.58. The van der Waals surface area contributed by atoms with Gasteiger partial charge in [0.15, 0.2) is 0 Å². The topological polar surface area (TPSA) is 37.8 Å². The fourth-order valence-corrected chi connectivity index (χ4v) is 2.73. The largest absolute Gasteiger partial charge is 0.356 e. The smallest absolute Gasteiger partial charge is 0.205 e. The van der Waals surface area contributed by atoms with Gasteiger partial charge >= 0.3 is 0 Å². The van der Waals surface area contributed by atoms with Gasteiger partial charge in [0.2, 0.25) is 5.13 Å². The third-order valence-corrected chi connectivity index (χ3v) is 3.67. The summed E-state index contributed by atoms with van der Waals surface area (Å²) in [4.78, 5) is 0. The van der Waals surface area contributed by atoms with Crippen molar-refractivity contribution >= 4 is 28.1 Å². The lowest BCUT2D eigenvalue weighted by molar-refractivity contribution is 0.627. The average Bonchev–Trinajstić information content (AvgIpc) is 2.77. The summed E-state index contributed by atoms with van der Waals surface area (Å²) < 4.78 is 13.0. The van der Waals surface area contributed by atoms with Crippen LogP contribution in [0.2, 0.25) is 5.02 Å². The van der Waals surface area contributed by atoms with E-state index in [0.717, 1.165) is 22.1 Å². The molecule has 0 bridgehead atoms. The first kappa shape index (κ1) is 14.2. The molecule has 0 saturated carbocycles. The molecule has 2 aromatic rings. The molecule has 0 aliphatic carbocycles. The van der Waals surface area contributed by atoms with Gasteiger partial charge in [0.25, 0.3) is 0 Å². The van der Waals surface area contributed by atoms with E-state index in [1.807, 2.05) is 0 Å². The first-order chi connectivity index (χ1) is 9.04. The first-order valence-electron chi connectivity index (χ1n) is 6.05. The van der Waals surface area contributed by atoms with Crippen LogP contribution in [0.4, 0.5) is 9.52 Å². The third-order valence-electron chi connectivity index (χ3n) is 2.48. The minimum Gasteiger partial charge on any atom is -0.356 e. The lowest BCUT2D eigenvalue weighted by atomic mass is 10.1. The standard InChI is InChI=1S/C13H15ClFN3S/c1-8(2)5-12-17-18-13(19-12)16-7-9-3-4-11(15)10(14)6-9/h3-4,6,8H,5,7H2,1-2H3,(H,16,18). The van der Waals surface area contributed by atoms with E-state index in [4.69, 9.17) is 11.6 Å². The minimum absolute atomic E-state index is 0.136. The Kier molecular flexibility index (Phi) is 4.71. The zero-order valence-electron chi connectivity index (χ0n) is 10.8. The molecule has 0 amide bonds. The van der Waals surface area contributed by atoms with Crippen molar-refractivity contribution in [2.45, 2.75) is 26.8 Å². The zero-order chi connectivity index (χ0) is 13.8. The predicted octanol–water partition coefficient (Wildman–Crippen LogP) is 4.14. The van der Waals surface area contributed by atoms with E-state index in [0.29, 0.717) is 12.5 Å². The van der Waals surface area contributed by atoms with Crippen molar-refractivity contribution in [3.8, 4) is 0 Å². The Labute approximate surface area is 120 Å². The molecule has 0 aliphatic heterocycles. The molecule has 0 fully saturated rings. The normalized spacial score (nSPS) is 11.0. The van der Waals surface area contributed by atoms with Crippen LogP contribution < -0.4 is 5.32 Å². The highest BCUT2D eigenvalue weighted by atomic mass is 35.5. The predicted molar refractivity (Wildman–Crippen MR) is 77.2 cm³/mol. The Morgan fingerprint density at radius 1 is 1.37 bits per heavy atom. The highest BCUT2D eigenvalue weighted by Gasteiger charge is 2.06. The number of nitrogens with one attached hydrogen (secondary N) is 1. The molecule has 0 atom stereocenters. The lowest BCUT2D eigenvalue weighted by Gasteiger charge is -2.03. The van der Waals surface area contributed by atoms with Crippen LogP contribution in [0.3, 0.4) is 0 Å². The van der Waals surface area contributed by atoms with Crippen molar-refractivity contribution < 1.29 is 4.39 Å². The van der Waals surface area contributed by atoms with Crippen LogP contribution >= 0.6 is 22.9 Å². The first-order valence-corrected chi connectivity index (χ1v) is 7.24. The molecular weight excluding hydrogens is 285 g/mol. The van der Waals surface area contributed by atoms with Gasteiger partial charge in [0.05, 0.1) is 5.02 Å². The number of nitrogens with zero attached hydrogens (tertiary/aromatic N) is 2. The molecule has 6 heteroatoms. The summed E-state index contributed by atoms with van der Waals surface area (Å²) in [7, 11) is 0. The second-order valence-corrected chi connectivity index (χ2v) is 6.17. The lowest BCUT2D eigenvalue weighted by Crippen LogP contribution is -1.99. The van der Waals surface area contributed by atoms with Gasteiger partial charge in [0, 0.05) is 13.0 Å². The summed E-state index contributed by atoms with van der Waals surface area (Å²) in [6.45, 7) is 4.85. The van der Waals surface area contributed by atoms with Gasteiger partial charge in [-0.15, -0.1) is 10.2 Å². The van der Waals surface area contributed by atoms with Crippen LogP contribution in [0.1, 0.15) is 24.4 Å². The molecule has 0 spiro atoms. The quantitative estimate of drug-likeness (QED) is 0.901. The molecule has 0 unspecified atom stereocenters. The molecule has 2 rings (SSSR count). The van der Waals surface area contributed by atoms with Crippen molar-refractivity contribution in [2.75, 3.05) is 5.32 Å². The Bertz CT molecular complexity index is 557. The Morgan fingerprint density at radius 3 is 2.84 bits per heavy atom. The summed E-state index contributed by atoms with van der Waals surface area (Å²) in [5, 5.41) is 13.3. The highest BCUT2D eigenvalue weighted by Crippen LogP contribution is 2.20. The van der Waals surface area contributed by atoms with E-state index in [1.54, 1.807) is 23.5 Å². The molecule has 1 heterocycles. The maximum absolute atomic E-state index is 13.0. The molecule has 1 aromatic heterocycles. The minimum atomic E-state index is -0.402. The van der Waals surface area contributed by atoms with E-state index < -0.39 is 5.82 Å². The summed E-state index contributed by atoms with van der Waals surface area (Å²) in [5.74, 6) is 0.164. The third kappa shape index (κ3) is 4.14. The summed E-state index contributed by atoms with van der Waals surface area (Å²) >= 11 is 7.28. The zero-order valence-corrected chi connectivity index (χ0v) is 12.4. The SMILES string of the molecule is CC(C)Cc1nnc(NCc2ccc(F)c(Cl)c2)s1. The highest BCUT2D eigenvalue weighted by molar-refractivity contribution is 7.15. The van der Waals surface area contributed by atoms with Crippen molar-refractivity contribution in [3.63, 3.8) is 0 Å². The summed E-state index contributed by atoms with van der Waals surface area (Å²) in [5.41, 5.74) is 0.909. The van der Waals surface area contributed by atoms with Crippen molar-refractivity contribution in [1.29, 1.82) is 0 Å². The Balaban J connectivity index is 1.94. The van der Waals surface area contributed by atoms with Crippen LogP contribution in [0.5, 0.6) is 0 Å². The van der Waals surface area contributed by atoms with Crippen LogP contribution in [0.15, 0.2) is 18.2 Å². The Hall–Kier alpha value is -1.20. The second kappa shape index (κ2) is 6.30. The van der Waals surface area contributed by atoms with Crippen LogP contribution in [-0.2, 0) is 13.0 Å². The van der Waals surface area contributed by atoms with Crippen LogP contribution in [0, 0.1) is 11.7 Å². The Morgan fingerprint density at radius 2 is 2.16 bits per heavy atom. The summed E-state index contributed by atoms with van der Waals surface area (Å²) in [6, 6.07) is 4.67. The van der Waals surface area contributed by atoms with E-state index in [-0.39, 0.29) is 5.02 Å². The molecular formula is C13H15ClFN3S. The van der Waals surface area contributed by atoms with Crippen LogP contribution in [-0.4, -0.2) is 10.2 Å². The number of hydrogen-bond acceptors (Lipinski definition) is 4. The number of hydrogen-bond donors (Lipinski definition) is 1. The van der Waals surface area contributed by atoms with E-state index in [9.17, 15) is 4.39 Å². The van der Waals surface area contributed by atoms with Gasteiger partial charge in [-0.3, -0.25) is 0 Å². The van der Waals surface area contributed by atoms with Gasteiger partial charge in [-0.05, 0) is 23.6 Å². The number of benzene rings is 1. The monoisotopic (exact) mass is 299 g/mol.